The number of hydrogen-bond donors (Lipinski definition) is 3. The molecule has 7 nitrogen and oxygen atoms in total. The number of likely N-dealkylation sites (tertiary alicyclic amines) is 1. The molecule has 3 heterocycles. The molecular weight excluding hydrogens is 398 g/mol. The highest BCUT2D eigenvalue weighted by Crippen LogP contribution is 2.34. The standard InChI is InChI=1S/C22H23N5O2S/c1-13(20(28)23-15-6-7-16-18(12-15)26-22(29)25-16)27-10-8-14(9-11-27)21-24-17-4-2-3-5-19(17)30-21/h2-7,12-14H,8-11H2,1H3,(H,23,28)(H2,25,26,29). The highest BCUT2D eigenvalue weighted by molar-refractivity contribution is 7.18. The van der Waals surface area contributed by atoms with Gasteiger partial charge in [-0.2, -0.15) is 0 Å². The minimum absolute atomic E-state index is 0.0364. The second-order valence-corrected chi connectivity index (χ2v) is 8.90. The van der Waals surface area contributed by atoms with Gasteiger partial charge in [-0.25, -0.2) is 9.78 Å². The van der Waals surface area contributed by atoms with Crippen LogP contribution in [-0.2, 0) is 4.79 Å². The van der Waals surface area contributed by atoms with E-state index in [4.69, 9.17) is 4.98 Å². The molecular formula is C22H23N5O2S. The quantitative estimate of drug-likeness (QED) is 0.469. The smallest absolute Gasteiger partial charge is 0.323 e. The Balaban J connectivity index is 1.21. The van der Waals surface area contributed by atoms with Gasteiger partial charge in [0.2, 0.25) is 5.91 Å². The van der Waals surface area contributed by atoms with Gasteiger partial charge in [0.15, 0.2) is 0 Å². The zero-order valence-corrected chi connectivity index (χ0v) is 17.5. The number of nitrogens with zero attached hydrogens (tertiary/aromatic N) is 2. The van der Waals surface area contributed by atoms with Crippen LogP contribution in [0, 0.1) is 0 Å². The average Bonchev–Trinajstić information content (AvgIpc) is 3.35. The van der Waals surface area contributed by atoms with E-state index >= 15 is 0 Å². The van der Waals surface area contributed by atoms with Crippen molar-refractivity contribution in [1.82, 2.24) is 19.9 Å². The first-order chi connectivity index (χ1) is 14.6. The molecule has 1 aliphatic heterocycles. The highest BCUT2D eigenvalue weighted by atomic mass is 32.1. The summed E-state index contributed by atoms with van der Waals surface area (Å²) in [6.45, 7) is 3.70. The molecule has 1 fully saturated rings. The molecule has 4 aromatic rings. The van der Waals surface area contributed by atoms with E-state index in [2.05, 4.69) is 38.4 Å². The van der Waals surface area contributed by atoms with Crippen molar-refractivity contribution in [3.8, 4) is 0 Å². The normalized spacial score (nSPS) is 16.8. The summed E-state index contributed by atoms with van der Waals surface area (Å²) in [5.41, 5.74) is 2.91. The molecule has 0 saturated carbocycles. The van der Waals surface area contributed by atoms with E-state index in [0.29, 0.717) is 17.1 Å². The molecule has 0 radical (unpaired) electrons. The summed E-state index contributed by atoms with van der Waals surface area (Å²) in [6, 6.07) is 13.4. The number of thiazole rings is 1. The van der Waals surface area contributed by atoms with Crippen LogP contribution in [0.5, 0.6) is 0 Å². The lowest BCUT2D eigenvalue weighted by Gasteiger charge is -2.34. The summed E-state index contributed by atoms with van der Waals surface area (Å²) in [5.74, 6) is 0.424. The summed E-state index contributed by atoms with van der Waals surface area (Å²) < 4.78 is 1.24. The lowest BCUT2D eigenvalue weighted by molar-refractivity contribution is -0.121. The number of H-pyrrole nitrogens is 2. The number of nitrogens with one attached hydrogen (secondary N) is 3. The number of para-hydroxylation sites is 1. The van der Waals surface area contributed by atoms with E-state index in [0.717, 1.165) is 37.0 Å². The van der Waals surface area contributed by atoms with Crippen LogP contribution < -0.4 is 11.0 Å². The zero-order chi connectivity index (χ0) is 20.7. The Bertz CT molecular complexity index is 1230. The summed E-state index contributed by atoms with van der Waals surface area (Å²) >= 11 is 1.79. The maximum atomic E-state index is 12.8. The number of carbonyl (C=O) groups is 1. The first-order valence-electron chi connectivity index (χ1n) is 10.2. The lowest BCUT2D eigenvalue weighted by Crippen LogP contribution is -2.45. The topological polar surface area (TPSA) is 93.9 Å². The maximum absolute atomic E-state index is 12.8. The summed E-state index contributed by atoms with van der Waals surface area (Å²) in [7, 11) is 0. The minimum atomic E-state index is -0.252. The molecule has 0 aliphatic carbocycles. The van der Waals surface area contributed by atoms with Gasteiger partial charge < -0.3 is 15.3 Å². The van der Waals surface area contributed by atoms with Gasteiger partial charge >= 0.3 is 5.69 Å². The average molecular weight is 422 g/mol. The van der Waals surface area contributed by atoms with Crippen molar-refractivity contribution in [2.24, 2.45) is 0 Å². The third kappa shape index (κ3) is 3.64. The molecule has 1 unspecified atom stereocenters. The predicted molar refractivity (Wildman–Crippen MR) is 120 cm³/mol. The van der Waals surface area contributed by atoms with Crippen LogP contribution in [0.15, 0.2) is 47.3 Å². The fourth-order valence-electron chi connectivity index (χ4n) is 4.12. The number of piperidine rings is 1. The predicted octanol–water partition coefficient (Wildman–Crippen LogP) is 3.67. The summed E-state index contributed by atoms with van der Waals surface area (Å²) in [6.07, 6.45) is 2.02. The van der Waals surface area contributed by atoms with E-state index in [9.17, 15) is 9.59 Å². The Hall–Kier alpha value is -2.97. The molecule has 1 amide bonds. The molecule has 8 heteroatoms. The van der Waals surface area contributed by atoms with Crippen molar-refractivity contribution in [1.29, 1.82) is 0 Å². The first-order valence-corrected chi connectivity index (χ1v) is 11.0. The number of rotatable bonds is 4. The van der Waals surface area contributed by atoms with Gasteiger partial charge in [-0.05, 0) is 63.2 Å². The van der Waals surface area contributed by atoms with E-state index in [1.807, 2.05) is 13.0 Å². The number of carbonyl (C=O) groups excluding carboxylic acids is 1. The molecule has 5 rings (SSSR count). The SMILES string of the molecule is CC(C(=O)Nc1ccc2[nH]c(=O)[nH]c2c1)N1CCC(c2nc3ccccc3s2)CC1. The minimum Gasteiger partial charge on any atom is -0.325 e. The van der Waals surface area contributed by atoms with Gasteiger partial charge in [0.05, 0.1) is 32.3 Å². The zero-order valence-electron chi connectivity index (χ0n) is 16.6. The second kappa shape index (κ2) is 7.70. The van der Waals surface area contributed by atoms with Gasteiger partial charge in [0.1, 0.15) is 0 Å². The molecule has 1 aliphatic rings. The number of aromatic amines is 2. The Morgan fingerprint density at radius 3 is 2.73 bits per heavy atom. The first kappa shape index (κ1) is 19.0. The van der Waals surface area contributed by atoms with Crippen LogP contribution in [0.4, 0.5) is 5.69 Å². The van der Waals surface area contributed by atoms with E-state index in [1.165, 1.54) is 9.71 Å². The third-order valence-electron chi connectivity index (χ3n) is 5.90. The Labute approximate surface area is 177 Å². The van der Waals surface area contributed by atoms with E-state index < -0.39 is 0 Å². The van der Waals surface area contributed by atoms with Crippen LogP contribution in [0.2, 0.25) is 0 Å². The molecule has 1 saturated heterocycles. The molecule has 2 aromatic carbocycles. The summed E-state index contributed by atoms with van der Waals surface area (Å²) in [4.78, 5) is 36.7. The summed E-state index contributed by atoms with van der Waals surface area (Å²) in [5, 5.41) is 4.18. The van der Waals surface area contributed by atoms with Gasteiger partial charge in [0.25, 0.3) is 0 Å². The number of anilines is 1. The van der Waals surface area contributed by atoms with E-state index in [-0.39, 0.29) is 17.6 Å². The van der Waals surface area contributed by atoms with Gasteiger partial charge in [-0.15, -0.1) is 11.3 Å². The molecule has 3 N–H and O–H groups in total. The van der Waals surface area contributed by atoms with Crippen molar-refractivity contribution < 1.29 is 4.79 Å². The number of benzene rings is 2. The van der Waals surface area contributed by atoms with Crippen LogP contribution in [0.25, 0.3) is 21.3 Å². The third-order valence-corrected chi connectivity index (χ3v) is 7.10. The fraction of sp³-hybridized carbons (Fsp3) is 0.318. The molecule has 0 bridgehead atoms. The Morgan fingerprint density at radius 2 is 1.93 bits per heavy atom. The Morgan fingerprint density at radius 1 is 1.17 bits per heavy atom. The number of imidazole rings is 1. The van der Waals surface area contributed by atoms with Crippen LogP contribution in [-0.4, -0.2) is 44.9 Å². The van der Waals surface area contributed by atoms with Gasteiger partial charge in [-0.1, -0.05) is 12.1 Å². The fourth-order valence-corrected chi connectivity index (χ4v) is 5.26. The Kier molecular flexibility index (Phi) is 4.88. The van der Waals surface area contributed by atoms with Crippen molar-refractivity contribution >= 4 is 44.2 Å². The van der Waals surface area contributed by atoms with Crippen LogP contribution >= 0.6 is 11.3 Å². The second-order valence-electron chi connectivity index (χ2n) is 7.83. The van der Waals surface area contributed by atoms with Crippen molar-refractivity contribution in [2.45, 2.75) is 31.7 Å². The van der Waals surface area contributed by atoms with Crippen molar-refractivity contribution in [3.05, 3.63) is 58.0 Å². The number of fused-ring (bicyclic) bond motifs is 2. The monoisotopic (exact) mass is 421 g/mol. The van der Waals surface area contributed by atoms with Crippen molar-refractivity contribution in [3.63, 3.8) is 0 Å². The molecule has 30 heavy (non-hydrogen) atoms. The maximum Gasteiger partial charge on any atom is 0.323 e. The van der Waals surface area contributed by atoms with Crippen molar-refractivity contribution in [2.75, 3.05) is 18.4 Å². The molecule has 2 aromatic heterocycles. The van der Waals surface area contributed by atoms with Gasteiger partial charge in [-0.3, -0.25) is 9.69 Å². The number of aromatic nitrogens is 3. The molecule has 0 spiro atoms. The molecule has 154 valence electrons. The molecule has 1 atom stereocenters. The lowest BCUT2D eigenvalue weighted by atomic mass is 9.96. The van der Waals surface area contributed by atoms with Gasteiger partial charge in [0, 0.05) is 11.6 Å². The largest absolute Gasteiger partial charge is 0.325 e. The number of hydrogen-bond acceptors (Lipinski definition) is 5. The van der Waals surface area contributed by atoms with Crippen LogP contribution in [0.1, 0.15) is 30.7 Å². The number of amides is 1. The van der Waals surface area contributed by atoms with E-state index in [1.54, 1.807) is 29.5 Å². The highest BCUT2D eigenvalue weighted by Gasteiger charge is 2.28. The van der Waals surface area contributed by atoms with Crippen LogP contribution in [0.3, 0.4) is 0 Å².